The van der Waals surface area contributed by atoms with Gasteiger partial charge in [-0.3, -0.25) is 0 Å². The van der Waals surface area contributed by atoms with Gasteiger partial charge in [0.2, 0.25) is 11.6 Å². The molecule has 0 bridgehead atoms. The number of hydrogen-bond donors (Lipinski definition) is 0. The van der Waals surface area contributed by atoms with Crippen LogP contribution in [0.5, 0.6) is 5.75 Å². The summed E-state index contributed by atoms with van der Waals surface area (Å²) in [5.41, 5.74) is -3.25. The van der Waals surface area contributed by atoms with Crippen LogP contribution in [0.3, 0.4) is 0 Å². The minimum atomic E-state index is -2.38. The van der Waals surface area contributed by atoms with Crippen LogP contribution >= 0.6 is 0 Å². The maximum absolute atomic E-state index is 13.8. The van der Waals surface area contributed by atoms with E-state index in [0.29, 0.717) is 7.11 Å². The van der Waals surface area contributed by atoms with E-state index in [2.05, 4.69) is 4.74 Å². The van der Waals surface area contributed by atoms with Gasteiger partial charge in [-0.05, 0) is 6.07 Å². The molecule has 0 unspecified atom stereocenters. The van der Waals surface area contributed by atoms with E-state index in [1.54, 1.807) is 0 Å². The summed E-state index contributed by atoms with van der Waals surface area (Å²) in [6, 6.07) is -0.124. The molecule has 0 aromatic heterocycles. The fraction of sp³-hybridized carbons (Fsp3) is 0.0769. The molecule has 2 aromatic rings. The summed E-state index contributed by atoms with van der Waals surface area (Å²) in [5.74, 6) is -18.7. The molecule has 0 atom stereocenters. The van der Waals surface area contributed by atoms with Gasteiger partial charge in [0.05, 0.1) is 12.7 Å². The molecule has 0 radical (unpaired) electrons. The third-order valence-electron chi connectivity index (χ3n) is 2.80. The lowest BCUT2D eigenvalue weighted by atomic mass is 10.0. The van der Waals surface area contributed by atoms with Gasteiger partial charge < -0.3 is 4.74 Å². The van der Waals surface area contributed by atoms with Gasteiger partial charge in [-0.2, -0.15) is 8.78 Å². The molecule has 0 amide bonds. The minimum Gasteiger partial charge on any atom is -0.491 e. The highest BCUT2D eigenvalue weighted by Gasteiger charge is 2.31. The normalized spacial score (nSPS) is 11.0. The van der Waals surface area contributed by atoms with Crippen LogP contribution < -0.4 is 4.74 Å². The average molecular weight is 328 g/mol. The Morgan fingerprint density at radius 2 is 1.14 bits per heavy atom. The Hall–Kier alpha value is -2.32. The van der Waals surface area contributed by atoms with Crippen molar-refractivity contribution in [2.24, 2.45) is 0 Å². The van der Waals surface area contributed by atoms with Crippen LogP contribution in [0.15, 0.2) is 6.07 Å². The maximum Gasteiger partial charge on any atom is 0.204 e. The fourth-order valence-electron chi connectivity index (χ4n) is 1.78. The fourth-order valence-corrected chi connectivity index (χ4v) is 1.78. The zero-order valence-corrected chi connectivity index (χ0v) is 10.5. The SMILES string of the molecule is COc1c(F)c(F)c(-c2cc(F)c(F)c(F)c2F)c(F)c1F. The molecular formula is C13H4F8O. The summed E-state index contributed by atoms with van der Waals surface area (Å²) in [6.07, 6.45) is 0. The first-order valence-corrected chi connectivity index (χ1v) is 5.45. The van der Waals surface area contributed by atoms with Crippen LogP contribution in [0.25, 0.3) is 11.1 Å². The van der Waals surface area contributed by atoms with Crippen molar-refractivity contribution in [3.63, 3.8) is 0 Å². The zero-order chi connectivity index (χ0) is 16.8. The van der Waals surface area contributed by atoms with Crippen LogP contribution in [0.4, 0.5) is 35.1 Å². The van der Waals surface area contributed by atoms with E-state index in [1.807, 2.05) is 0 Å². The highest BCUT2D eigenvalue weighted by Crippen LogP contribution is 2.37. The first-order chi connectivity index (χ1) is 10.2. The molecular weight excluding hydrogens is 324 g/mol. The van der Waals surface area contributed by atoms with Crippen molar-refractivity contribution in [1.82, 2.24) is 0 Å². The van der Waals surface area contributed by atoms with Gasteiger partial charge in [0, 0.05) is 5.56 Å². The minimum absolute atomic E-state index is 0.124. The van der Waals surface area contributed by atoms with E-state index in [0.717, 1.165) is 0 Å². The summed E-state index contributed by atoms with van der Waals surface area (Å²) in [5, 5.41) is 0. The Morgan fingerprint density at radius 3 is 1.59 bits per heavy atom. The first-order valence-electron chi connectivity index (χ1n) is 5.45. The number of rotatable bonds is 2. The molecule has 9 heteroatoms. The molecule has 0 spiro atoms. The number of halogens is 8. The molecule has 118 valence electrons. The Bertz CT molecular complexity index is 743. The maximum atomic E-state index is 13.8. The number of hydrogen-bond acceptors (Lipinski definition) is 1. The molecule has 0 aliphatic carbocycles. The summed E-state index contributed by atoms with van der Waals surface area (Å²) in [6.45, 7) is 0. The predicted octanol–water partition coefficient (Wildman–Crippen LogP) is 4.48. The van der Waals surface area contributed by atoms with E-state index >= 15 is 0 Å². The van der Waals surface area contributed by atoms with Crippen LogP contribution in [0, 0.1) is 46.5 Å². The highest BCUT2D eigenvalue weighted by atomic mass is 19.2. The topological polar surface area (TPSA) is 9.23 Å². The molecule has 0 saturated heterocycles. The van der Waals surface area contributed by atoms with Gasteiger partial charge in [-0.25, -0.2) is 26.3 Å². The van der Waals surface area contributed by atoms with Crippen molar-refractivity contribution in [3.05, 3.63) is 52.6 Å². The second-order valence-electron chi connectivity index (χ2n) is 4.01. The summed E-state index contributed by atoms with van der Waals surface area (Å²) in [7, 11) is 0.706. The lowest BCUT2D eigenvalue weighted by Crippen LogP contribution is -2.06. The third kappa shape index (κ3) is 2.16. The van der Waals surface area contributed by atoms with Gasteiger partial charge in [0.1, 0.15) is 0 Å². The Labute approximate surface area is 117 Å². The van der Waals surface area contributed by atoms with Gasteiger partial charge in [-0.15, -0.1) is 0 Å². The molecule has 2 rings (SSSR count). The molecule has 0 saturated carbocycles. The van der Waals surface area contributed by atoms with E-state index in [9.17, 15) is 35.1 Å². The quantitative estimate of drug-likeness (QED) is 0.449. The van der Waals surface area contributed by atoms with Gasteiger partial charge in [0.25, 0.3) is 0 Å². The summed E-state index contributed by atoms with van der Waals surface area (Å²) < 4.78 is 111. The van der Waals surface area contributed by atoms with Crippen molar-refractivity contribution in [2.45, 2.75) is 0 Å². The predicted molar refractivity (Wildman–Crippen MR) is 58.1 cm³/mol. The van der Waals surface area contributed by atoms with Gasteiger partial charge >= 0.3 is 0 Å². The van der Waals surface area contributed by atoms with Crippen molar-refractivity contribution >= 4 is 0 Å². The van der Waals surface area contributed by atoms with Crippen molar-refractivity contribution in [1.29, 1.82) is 0 Å². The average Bonchev–Trinajstić information content (AvgIpc) is 2.49. The van der Waals surface area contributed by atoms with Crippen LogP contribution in [0.1, 0.15) is 0 Å². The van der Waals surface area contributed by atoms with Gasteiger partial charge in [-0.1, -0.05) is 0 Å². The van der Waals surface area contributed by atoms with Crippen LogP contribution in [-0.4, -0.2) is 7.11 Å². The number of benzene rings is 2. The van der Waals surface area contributed by atoms with Crippen LogP contribution in [-0.2, 0) is 0 Å². The molecule has 1 nitrogen and oxygen atoms in total. The molecule has 22 heavy (non-hydrogen) atoms. The molecule has 0 fully saturated rings. The molecule has 2 aromatic carbocycles. The van der Waals surface area contributed by atoms with Crippen LogP contribution in [0.2, 0.25) is 0 Å². The van der Waals surface area contributed by atoms with E-state index in [-0.39, 0.29) is 6.07 Å². The van der Waals surface area contributed by atoms with E-state index < -0.39 is 63.4 Å². The molecule has 0 N–H and O–H groups in total. The number of methoxy groups -OCH3 is 1. The second kappa shape index (κ2) is 5.47. The zero-order valence-electron chi connectivity index (χ0n) is 10.5. The molecule has 0 aliphatic heterocycles. The standard InChI is InChI=1S/C13H4F8O/c1-22-13-11(20)8(17)5(9(18)12(13)21)3-2-4(14)7(16)10(19)6(3)15/h2H,1H3. The van der Waals surface area contributed by atoms with Crippen molar-refractivity contribution in [2.75, 3.05) is 7.11 Å². The van der Waals surface area contributed by atoms with Crippen molar-refractivity contribution < 1.29 is 39.9 Å². The van der Waals surface area contributed by atoms with E-state index in [4.69, 9.17) is 0 Å². The Morgan fingerprint density at radius 1 is 0.636 bits per heavy atom. The first kappa shape index (κ1) is 16.1. The summed E-state index contributed by atoms with van der Waals surface area (Å²) in [4.78, 5) is 0. The monoisotopic (exact) mass is 328 g/mol. The lowest BCUT2D eigenvalue weighted by Gasteiger charge is -2.12. The third-order valence-corrected chi connectivity index (χ3v) is 2.80. The largest absolute Gasteiger partial charge is 0.491 e. The second-order valence-corrected chi connectivity index (χ2v) is 4.01. The Kier molecular flexibility index (Phi) is 3.99. The smallest absolute Gasteiger partial charge is 0.204 e. The number of ether oxygens (including phenoxy) is 1. The van der Waals surface area contributed by atoms with Crippen molar-refractivity contribution in [3.8, 4) is 16.9 Å². The Balaban J connectivity index is 2.91. The lowest BCUT2D eigenvalue weighted by molar-refractivity contribution is 0.333. The highest BCUT2D eigenvalue weighted by molar-refractivity contribution is 5.67. The summed E-state index contributed by atoms with van der Waals surface area (Å²) >= 11 is 0. The van der Waals surface area contributed by atoms with E-state index in [1.165, 1.54) is 0 Å². The van der Waals surface area contributed by atoms with Gasteiger partial charge in [0.15, 0.2) is 40.7 Å². The molecule has 0 heterocycles. The molecule has 0 aliphatic rings.